The summed E-state index contributed by atoms with van der Waals surface area (Å²) in [6.45, 7) is 1.75. The number of carbonyl (C=O) groups excluding carboxylic acids is 1. The van der Waals surface area contributed by atoms with Crippen molar-refractivity contribution in [1.29, 1.82) is 0 Å². The van der Waals surface area contributed by atoms with Crippen molar-refractivity contribution in [2.45, 2.75) is 13.0 Å². The van der Waals surface area contributed by atoms with E-state index < -0.39 is 12.0 Å². The number of nitrogens with one attached hydrogen (secondary N) is 2. The number of thioether (sulfide) groups is 1. The number of carbonyl (C=O) groups is 2. The monoisotopic (exact) mass is 471 g/mol. The van der Waals surface area contributed by atoms with Gasteiger partial charge in [0.15, 0.2) is 16.7 Å². The molecule has 0 fully saturated rings. The van der Waals surface area contributed by atoms with Gasteiger partial charge in [0.1, 0.15) is 6.04 Å². The van der Waals surface area contributed by atoms with Crippen LogP contribution in [0.2, 0.25) is 0 Å². The van der Waals surface area contributed by atoms with Crippen molar-refractivity contribution in [2.75, 3.05) is 32.4 Å². The lowest BCUT2D eigenvalue weighted by molar-refractivity contribution is -0.133. The van der Waals surface area contributed by atoms with Gasteiger partial charge in [0.2, 0.25) is 5.75 Å². The first-order valence-electron chi connectivity index (χ1n) is 9.94. The molecule has 0 saturated carbocycles. The summed E-state index contributed by atoms with van der Waals surface area (Å²) in [5.41, 5.74) is 2.20. The zero-order chi connectivity index (χ0) is 24.0. The van der Waals surface area contributed by atoms with Crippen LogP contribution in [0.15, 0.2) is 58.7 Å². The second kappa shape index (κ2) is 10.8. The summed E-state index contributed by atoms with van der Waals surface area (Å²) in [4.78, 5) is 29.0. The summed E-state index contributed by atoms with van der Waals surface area (Å²) in [7, 11) is 4.52. The number of carboxylic acids is 1. The third-order valence-electron chi connectivity index (χ3n) is 4.83. The molecule has 2 aromatic rings. The van der Waals surface area contributed by atoms with Gasteiger partial charge in [0.25, 0.3) is 5.91 Å². The van der Waals surface area contributed by atoms with Crippen LogP contribution < -0.4 is 24.8 Å². The van der Waals surface area contributed by atoms with E-state index in [2.05, 4.69) is 15.6 Å². The zero-order valence-electron chi connectivity index (χ0n) is 18.7. The van der Waals surface area contributed by atoms with E-state index in [1.165, 1.54) is 21.3 Å². The number of allylic oxidation sites excluding steroid dienone is 1. The lowest BCUT2D eigenvalue weighted by atomic mass is 9.95. The molecule has 33 heavy (non-hydrogen) atoms. The van der Waals surface area contributed by atoms with Gasteiger partial charge in [-0.1, -0.05) is 30.0 Å². The van der Waals surface area contributed by atoms with Gasteiger partial charge in [-0.2, -0.15) is 0 Å². The van der Waals surface area contributed by atoms with Crippen molar-refractivity contribution in [3.05, 3.63) is 59.3 Å². The van der Waals surface area contributed by atoms with E-state index in [0.717, 1.165) is 11.8 Å². The normalized spacial score (nSPS) is 15.3. The minimum atomic E-state index is -0.969. The van der Waals surface area contributed by atoms with Crippen LogP contribution in [0.25, 0.3) is 0 Å². The quantitative estimate of drug-likeness (QED) is 0.536. The number of methoxy groups -OCH3 is 3. The van der Waals surface area contributed by atoms with Crippen LogP contribution in [0.5, 0.6) is 17.2 Å². The predicted molar refractivity (Wildman–Crippen MR) is 127 cm³/mol. The van der Waals surface area contributed by atoms with Gasteiger partial charge in [-0.25, -0.2) is 4.99 Å². The summed E-state index contributed by atoms with van der Waals surface area (Å²) in [5.74, 6) is -0.231. The Morgan fingerprint density at radius 3 is 2.27 bits per heavy atom. The third kappa shape index (κ3) is 5.58. The van der Waals surface area contributed by atoms with E-state index in [1.807, 2.05) is 18.2 Å². The van der Waals surface area contributed by atoms with Crippen molar-refractivity contribution in [3.8, 4) is 17.2 Å². The molecule has 1 aliphatic heterocycles. The Labute approximate surface area is 195 Å². The summed E-state index contributed by atoms with van der Waals surface area (Å²) in [6.07, 6.45) is 0. The minimum Gasteiger partial charge on any atom is -0.493 e. The molecule has 2 aromatic carbocycles. The maximum atomic E-state index is 13.3. The van der Waals surface area contributed by atoms with Gasteiger partial charge in [0, 0.05) is 11.4 Å². The molecule has 0 aliphatic carbocycles. The van der Waals surface area contributed by atoms with Crippen molar-refractivity contribution in [1.82, 2.24) is 5.32 Å². The van der Waals surface area contributed by atoms with Gasteiger partial charge in [-0.3, -0.25) is 9.59 Å². The van der Waals surface area contributed by atoms with Crippen molar-refractivity contribution in [2.24, 2.45) is 4.99 Å². The smallest absolute Gasteiger partial charge is 0.313 e. The Morgan fingerprint density at radius 1 is 1.09 bits per heavy atom. The van der Waals surface area contributed by atoms with Gasteiger partial charge < -0.3 is 30.0 Å². The van der Waals surface area contributed by atoms with Crippen LogP contribution in [0, 0.1) is 0 Å². The highest BCUT2D eigenvalue weighted by molar-refractivity contribution is 8.14. The Hall–Kier alpha value is -3.66. The van der Waals surface area contributed by atoms with Crippen LogP contribution in [0.3, 0.4) is 0 Å². The van der Waals surface area contributed by atoms with Crippen molar-refractivity contribution >= 4 is 34.5 Å². The standard InChI is InChI=1S/C23H25N3O6S/c1-13-19(22(29)25-15-8-6-5-7-9-15)20(26-23(24-13)33-12-18(27)28)14-10-16(30-2)21(32-4)17(11-14)31-3/h5-11,20H,12H2,1-4H3,(H,24,26)(H,25,29)(H,27,28)/t20-/m0/s1. The van der Waals surface area contributed by atoms with Crippen LogP contribution in [0.1, 0.15) is 18.5 Å². The molecule has 10 heteroatoms. The first-order valence-corrected chi connectivity index (χ1v) is 10.9. The number of amidine groups is 1. The molecular formula is C23H25N3O6S. The maximum absolute atomic E-state index is 13.3. The lowest BCUT2D eigenvalue weighted by Gasteiger charge is -2.27. The molecule has 1 atom stereocenters. The van der Waals surface area contributed by atoms with E-state index in [9.17, 15) is 9.59 Å². The zero-order valence-corrected chi connectivity index (χ0v) is 19.5. The Bertz CT molecular complexity index is 1080. The van der Waals surface area contributed by atoms with Crippen LogP contribution in [-0.4, -0.2) is 49.2 Å². The average molecular weight is 472 g/mol. The molecular weight excluding hydrogens is 446 g/mol. The SMILES string of the molecule is COc1cc([C@@H]2N=C(SCC(=O)O)NC(C)=C2C(=O)Nc2ccccc2)cc(OC)c1OC. The van der Waals surface area contributed by atoms with Crippen LogP contribution in [-0.2, 0) is 9.59 Å². The molecule has 0 aromatic heterocycles. The van der Waals surface area contributed by atoms with Crippen LogP contribution >= 0.6 is 11.8 Å². The molecule has 0 unspecified atom stereocenters. The van der Waals surface area contributed by atoms with E-state index in [1.54, 1.807) is 31.2 Å². The molecule has 0 spiro atoms. The topological polar surface area (TPSA) is 118 Å². The highest BCUT2D eigenvalue weighted by Gasteiger charge is 2.31. The van der Waals surface area contributed by atoms with E-state index in [0.29, 0.717) is 44.9 Å². The van der Waals surface area contributed by atoms with Gasteiger partial charge in [-0.15, -0.1) is 0 Å². The second-order valence-corrected chi connectivity index (χ2v) is 7.93. The lowest BCUT2D eigenvalue weighted by Crippen LogP contribution is -2.32. The number of ether oxygens (including phenoxy) is 3. The number of hydrogen-bond acceptors (Lipinski definition) is 8. The molecule has 1 aliphatic rings. The third-order valence-corrected chi connectivity index (χ3v) is 5.70. The highest BCUT2D eigenvalue weighted by Crippen LogP contribution is 2.43. The molecule has 0 saturated heterocycles. The molecule has 1 amide bonds. The first kappa shape index (κ1) is 24.0. The number of para-hydroxylation sites is 1. The minimum absolute atomic E-state index is 0.174. The Balaban J connectivity index is 2.07. The number of carboxylic acid groups (broad SMARTS) is 1. The molecule has 1 heterocycles. The number of aliphatic imine (C=N–C) groups is 1. The predicted octanol–water partition coefficient (Wildman–Crippen LogP) is 3.44. The molecule has 3 rings (SSSR count). The van der Waals surface area contributed by atoms with Crippen molar-refractivity contribution < 1.29 is 28.9 Å². The molecule has 174 valence electrons. The van der Waals surface area contributed by atoms with Gasteiger partial charge >= 0.3 is 5.97 Å². The molecule has 0 radical (unpaired) electrons. The number of hydrogen-bond donors (Lipinski definition) is 3. The van der Waals surface area contributed by atoms with E-state index >= 15 is 0 Å². The maximum Gasteiger partial charge on any atom is 0.313 e. The number of nitrogens with zero attached hydrogens (tertiary/aromatic N) is 1. The first-order chi connectivity index (χ1) is 15.9. The molecule has 9 nitrogen and oxygen atoms in total. The average Bonchev–Trinajstić information content (AvgIpc) is 2.81. The fourth-order valence-electron chi connectivity index (χ4n) is 3.37. The number of rotatable bonds is 8. The Morgan fingerprint density at radius 2 is 1.73 bits per heavy atom. The summed E-state index contributed by atoms with van der Waals surface area (Å²) in [6, 6.07) is 11.8. The summed E-state index contributed by atoms with van der Waals surface area (Å²) < 4.78 is 16.3. The fourth-order valence-corrected chi connectivity index (χ4v) is 4.03. The number of aliphatic carboxylic acids is 1. The fraction of sp³-hybridized carbons (Fsp3) is 0.261. The van der Waals surface area contributed by atoms with E-state index in [-0.39, 0.29) is 11.7 Å². The number of benzene rings is 2. The van der Waals surface area contributed by atoms with Gasteiger partial charge in [-0.05, 0) is 36.8 Å². The van der Waals surface area contributed by atoms with Crippen LogP contribution in [0.4, 0.5) is 5.69 Å². The van der Waals surface area contributed by atoms with Gasteiger partial charge in [0.05, 0.1) is 32.7 Å². The number of amides is 1. The molecule has 0 bridgehead atoms. The summed E-state index contributed by atoms with van der Waals surface area (Å²) >= 11 is 1.04. The highest BCUT2D eigenvalue weighted by atomic mass is 32.2. The molecule has 3 N–H and O–H groups in total. The Kier molecular flexibility index (Phi) is 7.83. The van der Waals surface area contributed by atoms with Crippen molar-refractivity contribution in [3.63, 3.8) is 0 Å². The second-order valence-electron chi connectivity index (χ2n) is 6.96. The number of anilines is 1. The summed E-state index contributed by atoms with van der Waals surface area (Å²) in [5, 5.41) is 15.4. The largest absolute Gasteiger partial charge is 0.493 e. The van der Waals surface area contributed by atoms with E-state index in [4.69, 9.17) is 19.3 Å².